The van der Waals surface area contributed by atoms with E-state index in [4.69, 9.17) is 10.8 Å². The fraction of sp³-hybridized carbons (Fsp3) is 0.200. The van der Waals surface area contributed by atoms with Crippen molar-refractivity contribution in [3.8, 4) is 11.1 Å². The van der Waals surface area contributed by atoms with Gasteiger partial charge in [-0.15, -0.1) is 0 Å². The van der Waals surface area contributed by atoms with Gasteiger partial charge >= 0.3 is 12.1 Å². The van der Waals surface area contributed by atoms with Gasteiger partial charge in [-0.1, -0.05) is 24.3 Å². The molecule has 0 amide bonds. The summed E-state index contributed by atoms with van der Waals surface area (Å²) < 4.78 is 38.3. The monoisotopic (exact) mass is 326 g/mol. The average Bonchev–Trinajstić information content (AvgIpc) is 2.47. The lowest BCUT2D eigenvalue weighted by atomic mass is 10.0. The average molecular weight is 326 g/mol. The number of hydrogen-bond donors (Lipinski definition) is 2. The van der Waals surface area contributed by atoms with Gasteiger partial charge in [0.15, 0.2) is 0 Å². The molecule has 23 heavy (non-hydrogen) atoms. The Bertz CT molecular complexity index is 780. The van der Waals surface area contributed by atoms with Crippen LogP contribution in [0.3, 0.4) is 0 Å². The zero-order valence-corrected chi connectivity index (χ0v) is 11.8. The van der Waals surface area contributed by atoms with E-state index in [0.29, 0.717) is 16.3 Å². The van der Waals surface area contributed by atoms with Gasteiger partial charge in [0.05, 0.1) is 0 Å². The molecule has 5 nitrogen and oxygen atoms in total. The predicted molar refractivity (Wildman–Crippen MR) is 77.0 cm³/mol. The molecule has 2 rings (SSSR count). The largest absolute Gasteiger partial charge is 0.477 e. The summed E-state index contributed by atoms with van der Waals surface area (Å²) in [6, 6.07) is 6.28. The van der Waals surface area contributed by atoms with Crippen molar-refractivity contribution in [3.63, 3.8) is 0 Å². The van der Waals surface area contributed by atoms with Crippen LogP contribution in [0.5, 0.6) is 0 Å². The SMILES string of the molecule is NCc1ccc(-c2cn(CC(F)(F)F)cc(C(=O)O)c2=O)cc1. The summed E-state index contributed by atoms with van der Waals surface area (Å²) in [7, 11) is 0. The van der Waals surface area contributed by atoms with Crippen molar-refractivity contribution in [3.05, 3.63) is 58.0 Å². The van der Waals surface area contributed by atoms with Crippen molar-refractivity contribution >= 4 is 5.97 Å². The van der Waals surface area contributed by atoms with E-state index in [2.05, 4.69) is 0 Å². The van der Waals surface area contributed by atoms with Crippen molar-refractivity contribution < 1.29 is 23.1 Å². The topological polar surface area (TPSA) is 85.3 Å². The van der Waals surface area contributed by atoms with Crippen LogP contribution in [0.15, 0.2) is 41.5 Å². The summed E-state index contributed by atoms with van der Waals surface area (Å²) in [5.41, 5.74) is 4.90. The highest BCUT2D eigenvalue weighted by molar-refractivity contribution is 5.88. The number of rotatable bonds is 4. The smallest absolute Gasteiger partial charge is 0.406 e. The molecule has 1 heterocycles. The highest BCUT2D eigenvalue weighted by Crippen LogP contribution is 2.21. The Morgan fingerprint density at radius 2 is 1.78 bits per heavy atom. The van der Waals surface area contributed by atoms with Crippen LogP contribution in [-0.4, -0.2) is 21.8 Å². The molecule has 1 aromatic carbocycles. The van der Waals surface area contributed by atoms with Gasteiger partial charge < -0.3 is 15.4 Å². The van der Waals surface area contributed by atoms with Crippen LogP contribution < -0.4 is 11.2 Å². The molecule has 0 radical (unpaired) electrons. The molecule has 2 aromatic rings. The van der Waals surface area contributed by atoms with Crippen LogP contribution in [0.25, 0.3) is 11.1 Å². The third-order valence-corrected chi connectivity index (χ3v) is 3.17. The Morgan fingerprint density at radius 1 is 1.17 bits per heavy atom. The van der Waals surface area contributed by atoms with E-state index in [1.165, 1.54) is 12.1 Å². The van der Waals surface area contributed by atoms with Crippen molar-refractivity contribution in [2.75, 3.05) is 0 Å². The quantitative estimate of drug-likeness (QED) is 0.902. The van der Waals surface area contributed by atoms with Crippen LogP contribution in [0, 0.1) is 0 Å². The number of carbonyl (C=O) groups is 1. The summed E-state index contributed by atoms with van der Waals surface area (Å²) in [6.07, 6.45) is -2.85. The lowest BCUT2D eigenvalue weighted by Crippen LogP contribution is -2.24. The third-order valence-electron chi connectivity index (χ3n) is 3.17. The number of benzene rings is 1. The van der Waals surface area contributed by atoms with Crippen LogP contribution in [-0.2, 0) is 13.1 Å². The first kappa shape index (κ1) is 16.8. The molecule has 8 heteroatoms. The molecule has 0 unspecified atom stereocenters. The zero-order valence-electron chi connectivity index (χ0n) is 11.8. The first-order valence-corrected chi connectivity index (χ1v) is 6.55. The summed E-state index contributed by atoms with van der Waals surface area (Å²) >= 11 is 0. The van der Waals surface area contributed by atoms with Gasteiger partial charge in [0.25, 0.3) is 0 Å². The summed E-state index contributed by atoms with van der Waals surface area (Å²) in [4.78, 5) is 23.3. The number of nitrogens with zero attached hydrogens (tertiary/aromatic N) is 1. The summed E-state index contributed by atoms with van der Waals surface area (Å²) in [6.45, 7) is -1.12. The van der Waals surface area contributed by atoms with Crippen molar-refractivity contribution in [1.29, 1.82) is 0 Å². The van der Waals surface area contributed by atoms with Gasteiger partial charge in [-0.25, -0.2) is 4.79 Å². The molecule has 0 saturated carbocycles. The van der Waals surface area contributed by atoms with Gasteiger partial charge in [0.1, 0.15) is 12.1 Å². The molecule has 1 aromatic heterocycles. The summed E-state index contributed by atoms with van der Waals surface area (Å²) in [5, 5.41) is 9.03. The summed E-state index contributed by atoms with van der Waals surface area (Å²) in [5.74, 6) is -1.58. The van der Waals surface area contributed by atoms with Crippen molar-refractivity contribution in [2.24, 2.45) is 5.73 Å². The Morgan fingerprint density at radius 3 is 2.26 bits per heavy atom. The number of carboxylic acid groups (broad SMARTS) is 1. The highest BCUT2D eigenvalue weighted by atomic mass is 19.4. The Hall–Kier alpha value is -2.61. The van der Waals surface area contributed by atoms with E-state index < -0.39 is 29.7 Å². The van der Waals surface area contributed by atoms with E-state index in [1.807, 2.05) is 0 Å². The Balaban J connectivity index is 2.60. The fourth-order valence-corrected chi connectivity index (χ4v) is 2.11. The van der Waals surface area contributed by atoms with E-state index in [1.54, 1.807) is 12.1 Å². The second-order valence-corrected chi connectivity index (χ2v) is 4.91. The molecular formula is C15H13F3N2O3. The first-order chi connectivity index (χ1) is 10.7. The number of aromatic carboxylic acids is 1. The molecule has 0 aliphatic rings. The van der Waals surface area contributed by atoms with Gasteiger partial charge in [-0.2, -0.15) is 13.2 Å². The molecule has 0 spiro atoms. The highest BCUT2D eigenvalue weighted by Gasteiger charge is 2.28. The van der Waals surface area contributed by atoms with Crippen LogP contribution in [0.1, 0.15) is 15.9 Å². The van der Waals surface area contributed by atoms with Gasteiger partial charge in [0.2, 0.25) is 5.43 Å². The minimum atomic E-state index is -4.54. The van der Waals surface area contributed by atoms with E-state index >= 15 is 0 Å². The van der Waals surface area contributed by atoms with E-state index in [-0.39, 0.29) is 12.1 Å². The number of alkyl halides is 3. The Labute approximate surface area is 128 Å². The van der Waals surface area contributed by atoms with Gasteiger partial charge in [-0.3, -0.25) is 4.79 Å². The number of aromatic nitrogens is 1. The minimum absolute atomic E-state index is 0.113. The number of hydrogen-bond acceptors (Lipinski definition) is 3. The van der Waals surface area contributed by atoms with Crippen molar-refractivity contribution in [1.82, 2.24) is 4.57 Å². The number of nitrogens with two attached hydrogens (primary N) is 1. The lowest BCUT2D eigenvalue weighted by molar-refractivity contribution is -0.140. The van der Waals surface area contributed by atoms with Gasteiger partial charge in [-0.05, 0) is 11.1 Å². The standard InChI is InChI=1S/C15H13F3N2O3/c16-15(17,18)8-20-6-11(13(21)12(7-20)14(22)23)10-3-1-9(5-19)2-4-10/h1-4,6-7H,5,8,19H2,(H,22,23). The molecule has 3 N–H and O–H groups in total. The zero-order chi connectivity index (χ0) is 17.2. The number of carboxylic acids is 1. The van der Waals surface area contributed by atoms with E-state index in [9.17, 15) is 22.8 Å². The maximum absolute atomic E-state index is 12.5. The van der Waals surface area contributed by atoms with E-state index in [0.717, 1.165) is 11.8 Å². The Kier molecular flexibility index (Phi) is 4.55. The second kappa shape index (κ2) is 6.25. The maximum Gasteiger partial charge on any atom is 0.406 e. The molecule has 0 aliphatic carbocycles. The number of pyridine rings is 1. The molecule has 0 saturated heterocycles. The molecular weight excluding hydrogens is 313 g/mol. The predicted octanol–water partition coefficient (Wildman–Crippen LogP) is 2.23. The molecule has 0 bridgehead atoms. The normalized spacial score (nSPS) is 11.5. The first-order valence-electron chi connectivity index (χ1n) is 6.55. The molecule has 122 valence electrons. The molecule has 0 aliphatic heterocycles. The fourth-order valence-electron chi connectivity index (χ4n) is 2.11. The lowest BCUT2D eigenvalue weighted by Gasteiger charge is -2.13. The van der Waals surface area contributed by atoms with Crippen molar-refractivity contribution in [2.45, 2.75) is 19.3 Å². The number of halogens is 3. The van der Waals surface area contributed by atoms with Crippen LogP contribution in [0.2, 0.25) is 0 Å². The maximum atomic E-state index is 12.5. The molecule has 0 fully saturated rings. The van der Waals surface area contributed by atoms with Gasteiger partial charge in [0, 0.05) is 24.5 Å². The van der Waals surface area contributed by atoms with Crippen LogP contribution >= 0.6 is 0 Å². The minimum Gasteiger partial charge on any atom is -0.477 e. The molecule has 0 atom stereocenters. The second-order valence-electron chi connectivity index (χ2n) is 4.91. The third kappa shape index (κ3) is 3.98. The van der Waals surface area contributed by atoms with Crippen LogP contribution in [0.4, 0.5) is 13.2 Å².